The summed E-state index contributed by atoms with van der Waals surface area (Å²) in [5.74, 6) is -0.748. The minimum Gasteiger partial charge on any atom is -0.207 e. The predicted molar refractivity (Wildman–Crippen MR) is 123 cm³/mol. The third-order valence-electron chi connectivity index (χ3n) is 6.14. The maximum atomic E-state index is 15.5. The highest BCUT2D eigenvalue weighted by Crippen LogP contribution is 2.48. The minimum atomic E-state index is -4.71. The van der Waals surface area contributed by atoms with Gasteiger partial charge in [0.1, 0.15) is 5.82 Å². The van der Waals surface area contributed by atoms with Gasteiger partial charge in [-0.25, -0.2) is 4.39 Å². The highest BCUT2D eigenvalue weighted by molar-refractivity contribution is 5.55. The zero-order valence-corrected chi connectivity index (χ0v) is 18.9. The smallest absolute Gasteiger partial charge is 0.207 e. The molecule has 0 unspecified atom stereocenters. The van der Waals surface area contributed by atoms with Crippen LogP contribution in [-0.4, -0.2) is 0 Å². The summed E-state index contributed by atoms with van der Waals surface area (Å²) in [5, 5.41) is 0. The van der Waals surface area contributed by atoms with Gasteiger partial charge in [-0.05, 0) is 66.5 Å². The summed E-state index contributed by atoms with van der Waals surface area (Å²) in [5.41, 5.74) is 2.89. The highest BCUT2D eigenvalue weighted by Gasteiger charge is 2.42. The summed E-state index contributed by atoms with van der Waals surface area (Å²) in [7, 11) is 0. The molecule has 7 heteroatoms. The largest absolute Gasteiger partial charge is 0.416 e. The van der Waals surface area contributed by atoms with Gasteiger partial charge >= 0.3 is 12.4 Å². The predicted octanol–water partition coefficient (Wildman–Crippen LogP) is 8.70. The van der Waals surface area contributed by atoms with E-state index >= 15 is 4.39 Å². The molecule has 36 heavy (non-hydrogen) atoms. The number of rotatable bonds is 5. The molecule has 0 saturated carbocycles. The molecule has 0 aliphatic heterocycles. The van der Waals surface area contributed by atoms with Crippen molar-refractivity contribution < 1.29 is 30.7 Å². The summed E-state index contributed by atoms with van der Waals surface area (Å²) in [6, 6.07) is 12.8. The number of halogens is 7. The number of benzene rings is 3. The molecule has 184 valence electrons. The van der Waals surface area contributed by atoms with Crippen molar-refractivity contribution in [3.05, 3.63) is 141 Å². The lowest BCUT2D eigenvalue weighted by Gasteiger charge is -2.37. The van der Waals surface area contributed by atoms with Crippen LogP contribution < -0.4 is 0 Å². The van der Waals surface area contributed by atoms with Gasteiger partial charge in [-0.1, -0.05) is 65.6 Å². The zero-order valence-electron chi connectivity index (χ0n) is 18.9. The van der Waals surface area contributed by atoms with E-state index in [1.54, 1.807) is 13.0 Å². The van der Waals surface area contributed by atoms with Crippen LogP contribution in [0.1, 0.15) is 39.8 Å². The van der Waals surface area contributed by atoms with Crippen LogP contribution in [0.4, 0.5) is 30.7 Å². The number of aryl methyl sites for hydroxylation is 1. The van der Waals surface area contributed by atoms with Gasteiger partial charge in [0.25, 0.3) is 0 Å². The minimum absolute atomic E-state index is 0.00832. The Kier molecular flexibility index (Phi) is 6.57. The molecule has 1 aliphatic rings. The van der Waals surface area contributed by atoms with Crippen LogP contribution in [0.2, 0.25) is 0 Å². The van der Waals surface area contributed by atoms with Crippen molar-refractivity contribution in [2.24, 2.45) is 0 Å². The van der Waals surface area contributed by atoms with Crippen molar-refractivity contribution in [3.8, 4) is 0 Å². The van der Waals surface area contributed by atoms with E-state index in [-0.39, 0.29) is 23.1 Å². The van der Waals surface area contributed by atoms with Crippen LogP contribution in [0.3, 0.4) is 0 Å². The molecule has 1 aliphatic carbocycles. The molecule has 0 nitrogen and oxygen atoms in total. The van der Waals surface area contributed by atoms with Crippen LogP contribution in [0.5, 0.6) is 0 Å². The van der Waals surface area contributed by atoms with Gasteiger partial charge in [0.2, 0.25) is 0 Å². The fourth-order valence-corrected chi connectivity index (χ4v) is 4.46. The number of allylic oxidation sites excluding steroid dienone is 4. The van der Waals surface area contributed by atoms with Gasteiger partial charge in [-0.2, -0.15) is 26.3 Å². The van der Waals surface area contributed by atoms with Crippen LogP contribution in [0.25, 0.3) is 0 Å². The Morgan fingerprint density at radius 2 is 1.25 bits per heavy atom. The lowest BCUT2D eigenvalue weighted by Crippen LogP contribution is -2.32. The van der Waals surface area contributed by atoms with Crippen molar-refractivity contribution in [1.82, 2.24) is 0 Å². The second-order valence-electron chi connectivity index (χ2n) is 8.56. The first-order chi connectivity index (χ1) is 16.9. The number of hydrogen-bond donors (Lipinski definition) is 0. The van der Waals surface area contributed by atoms with Crippen LogP contribution in [-0.2, 0) is 17.8 Å². The van der Waals surface area contributed by atoms with E-state index in [4.69, 9.17) is 0 Å². The van der Waals surface area contributed by atoms with E-state index in [0.29, 0.717) is 11.1 Å². The van der Waals surface area contributed by atoms with Gasteiger partial charge in [-0.15, -0.1) is 0 Å². The van der Waals surface area contributed by atoms with E-state index < -0.39 is 34.7 Å². The average molecular weight is 500 g/mol. The van der Waals surface area contributed by atoms with Crippen molar-refractivity contribution >= 4 is 0 Å². The Balaban J connectivity index is 2.13. The first-order valence-electron chi connectivity index (χ1n) is 10.9. The average Bonchev–Trinajstić information content (AvgIpc) is 2.84. The second-order valence-corrected chi connectivity index (χ2v) is 8.56. The lowest BCUT2D eigenvalue weighted by atomic mass is 9.65. The fourth-order valence-electron chi connectivity index (χ4n) is 4.46. The van der Waals surface area contributed by atoms with Gasteiger partial charge in [-0.3, -0.25) is 0 Å². The maximum Gasteiger partial charge on any atom is 0.416 e. The molecule has 0 saturated heterocycles. The molecule has 3 aromatic carbocycles. The zero-order chi connectivity index (χ0) is 26.1. The first-order valence-corrected chi connectivity index (χ1v) is 10.9. The Morgan fingerprint density at radius 1 is 0.694 bits per heavy atom. The number of hydrogen-bond acceptors (Lipinski definition) is 0. The van der Waals surface area contributed by atoms with Crippen LogP contribution in [0, 0.1) is 12.7 Å². The molecule has 0 amide bonds. The molecule has 0 radical (unpaired) electrons. The van der Waals surface area contributed by atoms with Gasteiger partial charge < -0.3 is 0 Å². The molecular formula is C29H19F7. The Labute approximate surface area is 203 Å². The third kappa shape index (κ3) is 4.94. The van der Waals surface area contributed by atoms with Gasteiger partial charge in [0, 0.05) is 5.56 Å². The lowest BCUT2D eigenvalue weighted by molar-refractivity contribution is -0.138. The van der Waals surface area contributed by atoms with E-state index in [0.717, 1.165) is 24.3 Å². The SMILES string of the molecule is Cc1ccc(F)c(C(CC2=CC=C=C=C2)(c2cccc(C(F)(F)F)c2)c2cccc(C(F)(F)F)c2)c1. The van der Waals surface area contributed by atoms with Crippen molar-refractivity contribution in [3.63, 3.8) is 0 Å². The standard InChI is InChI=1S/C29H19F7/c1-19-13-14-26(30)25(15-19)27(18-20-7-3-2-4-8-20,21-9-5-11-23(16-21)28(31,32)33)22-10-6-12-24(17-22)29(34,35)36/h3,5-17H,18H2,1H3. The second kappa shape index (κ2) is 9.34. The maximum absolute atomic E-state index is 15.5. The van der Waals surface area contributed by atoms with Crippen LogP contribution >= 0.6 is 0 Å². The summed E-state index contributed by atoms with van der Waals surface area (Å²) >= 11 is 0. The molecule has 0 atom stereocenters. The molecule has 0 heterocycles. The van der Waals surface area contributed by atoms with Crippen molar-refractivity contribution in [1.29, 1.82) is 0 Å². The van der Waals surface area contributed by atoms with Crippen molar-refractivity contribution in [2.75, 3.05) is 0 Å². The molecule has 0 aromatic heterocycles. The molecule has 0 spiro atoms. The molecule has 0 bridgehead atoms. The molecular weight excluding hydrogens is 481 g/mol. The molecule has 4 rings (SSSR count). The van der Waals surface area contributed by atoms with Gasteiger partial charge in [0.05, 0.1) is 16.5 Å². The molecule has 3 aromatic rings. The first kappa shape index (κ1) is 25.3. The highest BCUT2D eigenvalue weighted by atomic mass is 19.4. The van der Waals surface area contributed by atoms with E-state index in [1.807, 2.05) is 0 Å². The quantitative estimate of drug-likeness (QED) is 0.187. The Morgan fingerprint density at radius 3 is 1.75 bits per heavy atom. The third-order valence-corrected chi connectivity index (χ3v) is 6.14. The fraction of sp³-hybridized carbons (Fsp3) is 0.172. The summed E-state index contributed by atoms with van der Waals surface area (Å²) in [6.07, 6.45) is -4.86. The summed E-state index contributed by atoms with van der Waals surface area (Å²) < 4.78 is 97.9. The van der Waals surface area contributed by atoms with E-state index in [9.17, 15) is 26.3 Å². The number of alkyl halides is 6. The molecule has 0 fully saturated rings. The van der Waals surface area contributed by atoms with E-state index in [2.05, 4.69) is 11.5 Å². The normalized spacial score (nSPS) is 13.7. The topological polar surface area (TPSA) is 0 Å². The van der Waals surface area contributed by atoms with E-state index in [1.165, 1.54) is 54.6 Å². The molecule has 0 N–H and O–H groups in total. The van der Waals surface area contributed by atoms with Crippen molar-refractivity contribution in [2.45, 2.75) is 31.1 Å². The van der Waals surface area contributed by atoms with Gasteiger partial charge in [0.15, 0.2) is 0 Å². The van der Waals surface area contributed by atoms with Crippen LogP contribution in [0.15, 0.2) is 102 Å². The Hall–Kier alpha value is -3.79. The Bertz CT molecular complexity index is 1370. The summed E-state index contributed by atoms with van der Waals surface area (Å²) in [4.78, 5) is 0. The summed E-state index contributed by atoms with van der Waals surface area (Å²) in [6.45, 7) is 1.68. The monoisotopic (exact) mass is 500 g/mol.